The lowest BCUT2D eigenvalue weighted by molar-refractivity contribution is -0.141. The largest absolute Gasteiger partial charge is 0.479 e. The third kappa shape index (κ3) is 4.43. The van der Waals surface area contributed by atoms with Gasteiger partial charge in [-0.3, -0.25) is 4.79 Å². The predicted molar refractivity (Wildman–Crippen MR) is 82.8 cm³/mol. The highest BCUT2D eigenvalue weighted by Crippen LogP contribution is 2.15. The van der Waals surface area contributed by atoms with Crippen LogP contribution in [0.5, 0.6) is 0 Å². The van der Waals surface area contributed by atoms with Crippen molar-refractivity contribution >= 4 is 27.8 Å². The molecule has 0 bridgehead atoms. The number of carboxylic acids is 1. The van der Waals surface area contributed by atoms with Gasteiger partial charge in [-0.1, -0.05) is 58.4 Å². The molecule has 0 fully saturated rings. The van der Waals surface area contributed by atoms with Crippen LogP contribution in [0.3, 0.4) is 0 Å². The van der Waals surface area contributed by atoms with Crippen molar-refractivity contribution in [2.75, 3.05) is 0 Å². The van der Waals surface area contributed by atoms with Gasteiger partial charge in [0.05, 0.1) is 6.42 Å². The number of aliphatic carboxylic acids is 1. The van der Waals surface area contributed by atoms with Crippen molar-refractivity contribution in [3.63, 3.8) is 0 Å². The van der Waals surface area contributed by atoms with Crippen LogP contribution in [0.1, 0.15) is 17.2 Å². The van der Waals surface area contributed by atoms with E-state index in [1.54, 1.807) is 30.3 Å². The van der Waals surface area contributed by atoms with Crippen LogP contribution in [-0.4, -0.2) is 17.0 Å². The van der Waals surface area contributed by atoms with Gasteiger partial charge in [0.15, 0.2) is 6.04 Å². The average molecular weight is 348 g/mol. The zero-order valence-corrected chi connectivity index (χ0v) is 12.7. The molecule has 0 spiro atoms. The summed E-state index contributed by atoms with van der Waals surface area (Å²) in [6.45, 7) is 0. The molecular weight excluding hydrogens is 334 g/mol. The second-order valence-electron chi connectivity index (χ2n) is 4.56. The van der Waals surface area contributed by atoms with E-state index in [1.165, 1.54) is 0 Å². The van der Waals surface area contributed by atoms with E-state index >= 15 is 0 Å². The van der Waals surface area contributed by atoms with E-state index in [0.29, 0.717) is 5.56 Å². The summed E-state index contributed by atoms with van der Waals surface area (Å²) in [6, 6.07) is 15.0. The zero-order valence-electron chi connectivity index (χ0n) is 11.1. The first kappa shape index (κ1) is 15.3. The lowest BCUT2D eigenvalue weighted by Gasteiger charge is -2.15. The Morgan fingerprint density at radius 2 is 1.81 bits per heavy atom. The minimum absolute atomic E-state index is 0.135. The molecule has 0 saturated carbocycles. The van der Waals surface area contributed by atoms with E-state index in [1.807, 2.05) is 24.3 Å². The second kappa shape index (κ2) is 7.04. The fraction of sp³-hybridized carbons (Fsp3) is 0.125. The molecular formula is C16H14BrNO3. The van der Waals surface area contributed by atoms with Gasteiger partial charge in [0.25, 0.3) is 0 Å². The molecule has 2 rings (SSSR count). The van der Waals surface area contributed by atoms with Gasteiger partial charge in [-0.25, -0.2) is 4.79 Å². The lowest BCUT2D eigenvalue weighted by atomic mass is 10.1. The molecule has 0 unspecified atom stereocenters. The molecule has 21 heavy (non-hydrogen) atoms. The molecule has 0 aliphatic rings. The molecule has 108 valence electrons. The van der Waals surface area contributed by atoms with Crippen molar-refractivity contribution < 1.29 is 14.7 Å². The Morgan fingerprint density at radius 1 is 1.10 bits per heavy atom. The van der Waals surface area contributed by atoms with E-state index in [0.717, 1.165) is 10.0 Å². The topological polar surface area (TPSA) is 66.4 Å². The van der Waals surface area contributed by atoms with E-state index < -0.39 is 12.0 Å². The van der Waals surface area contributed by atoms with Gasteiger partial charge in [0.2, 0.25) is 5.91 Å². The maximum Gasteiger partial charge on any atom is 0.330 e. The van der Waals surface area contributed by atoms with Gasteiger partial charge in [-0.2, -0.15) is 0 Å². The molecule has 4 nitrogen and oxygen atoms in total. The molecule has 0 heterocycles. The predicted octanol–water partition coefficient (Wildman–Crippen LogP) is 2.93. The molecule has 2 N–H and O–H groups in total. The highest BCUT2D eigenvalue weighted by atomic mass is 79.9. The molecule has 0 saturated heterocycles. The number of halogens is 1. The minimum atomic E-state index is -1.08. The first-order chi connectivity index (χ1) is 10.1. The number of carbonyl (C=O) groups excluding carboxylic acids is 1. The number of benzene rings is 2. The van der Waals surface area contributed by atoms with Crippen molar-refractivity contribution in [3.8, 4) is 0 Å². The molecule has 1 amide bonds. The van der Waals surface area contributed by atoms with Crippen LogP contribution in [0.2, 0.25) is 0 Å². The average Bonchev–Trinajstić information content (AvgIpc) is 2.45. The molecule has 0 aromatic heterocycles. The SMILES string of the molecule is O=C(Cc1cccc(Br)c1)N[C@@H](C(=O)O)c1ccccc1. The Labute approximate surface area is 130 Å². The second-order valence-corrected chi connectivity index (χ2v) is 5.47. The van der Waals surface area contributed by atoms with Gasteiger partial charge < -0.3 is 10.4 Å². The lowest BCUT2D eigenvalue weighted by Crippen LogP contribution is -2.34. The number of hydrogen-bond donors (Lipinski definition) is 2. The summed E-state index contributed by atoms with van der Waals surface area (Å²) in [7, 11) is 0. The third-order valence-corrected chi connectivity index (χ3v) is 3.43. The van der Waals surface area contributed by atoms with Gasteiger partial charge in [-0.05, 0) is 23.3 Å². The number of rotatable bonds is 5. The number of carbonyl (C=O) groups is 2. The smallest absolute Gasteiger partial charge is 0.330 e. The zero-order chi connectivity index (χ0) is 15.2. The molecule has 2 aromatic carbocycles. The van der Waals surface area contributed by atoms with Crippen LogP contribution in [0.4, 0.5) is 0 Å². The van der Waals surface area contributed by atoms with Gasteiger partial charge in [0.1, 0.15) is 0 Å². The summed E-state index contributed by atoms with van der Waals surface area (Å²) < 4.78 is 0.880. The fourth-order valence-corrected chi connectivity index (χ4v) is 2.42. The highest BCUT2D eigenvalue weighted by Gasteiger charge is 2.21. The van der Waals surface area contributed by atoms with Crippen LogP contribution < -0.4 is 5.32 Å². The number of amides is 1. The van der Waals surface area contributed by atoms with Crippen molar-refractivity contribution in [2.45, 2.75) is 12.5 Å². The van der Waals surface area contributed by atoms with Crippen molar-refractivity contribution in [2.24, 2.45) is 0 Å². The van der Waals surface area contributed by atoms with Crippen molar-refractivity contribution in [1.29, 1.82) is 0 Å². The third-order valence-electron chi connectivity index (χ3n) is 2.94. The van der Waals surface area contributed by atoms with Crippen molar-refractivity contribution in [3.05, 3.63) is 70.2 Å². The molecule has 1 atom stereocenters. The number of hydrogen-bond acceptors (Lipinski definition) is 2. The summed E-state index contributed by atoms with van der Waals surface area (Å²) in [5.74, 6) is -1.41. The Morgan fingerprint density at radius 3 is 2.43 bits per heavy atom. The molecule has 0 aliphatic carbocycles. The monoisotopic (exact) mass is 347 g/mol. The first-order valence-corrected chi connectivity index (χ1v) is 7.17. The molecule has 0 aliphatic heterocycles. The molecule has 0 radical (unpaired) electrons. The summed E-state index contributed by atoms with van der Waals surface area (Å²) in [5.41, 5.74) is 1.37. The van der Waals surface area contributed by atoms with Crippen LogP contribution in [-0.2, 0) is 16.0 Å². The maximum absolute atomic E-state index is 12.0. The minimum Gasteiger partial charge on any atom is -0.479 e. The van der Waals surface area contributed by atoms with Crippen molar-refractivity contribution in [1.82, 2.24) is 5.32 Å². The summed E-state index contributed by atoms with van der Waals surface area (Å²) in [4.78, 5) is 23.3. The standard InChI is InChI=1S/C16H14BrNO3/c17-13-8-4-5-11(9-13)10-14(19)18-15(16(20)21)12-6-2-1-3-7-12/h1-9,15H,10H2,(H,18,19)(H,20,21)/t15-/m1/s1. The highest BCUT2D eigenvalue weighted by molar-refractivity contribution is 9.10. The van der Waals surface area contributed by atoms with E-state index in [4.69, 9.17) is 0 Å². The summed E-state index contributed by atoms with van der Waals surface area (Å²) in [6.07, 6.45) is 0.135. The molecule has 5 heteroatoms. The first-order valence-electron chi connectivity index (χ1n) is 6.38. The van der Waals surface area contributed by atoms with Gasteiger partial charge >= 0.3 is 5.97 Å². The summed E-state index contributed by atoms with van der Waals surface area (Å²) >= 11 is 3.34. The normalized spacial score (nSPS) is 11.7. The quantitative estimate of drug-likeness (QED) is 0.873. The van der Waals surface area contributed by atoms with Crippen LogP contribution in [0.15, 0.2) is 59.1 Å². The van der Waals surface area contributed by atoms with Crippen LogP contribution in [0, 0.1) is 0 Å². The Bertz CT molecular complexity index is 643. The fourth-order valence-electron chi connectivity index (χ4n) is 1.98. The Balaban J connectivity index is 2.07. The van der Waals surface area contributed by atoms with E-state index in [-0.39, 0.29) is 12.3 Å². The van der Waals surface area contributed by atoms with Crippen LogP contribution in [0.25, 0.3) is 0 Å². The van der Waals surface area contributed by atoms with Gasteiger partial charge in [-0.15, -0.1) is 0 Å². The number of nitrogens with one attached hydrogen (secondary N) is 1. The van der Waals surface area contributed by atoms with E-state index in [2.05, 4.69) is 21.2 Å². The van der Waals surface area contributed by atoms with E-state index in [9.17, 15) is 14.7 Å². The maximum atomic E-state index is 12.0. The molecule has 2 aromatic rings. The van der Waals surface area contributed by atoms with Gasteiger partial charge in [0, 0.05) is 4.47 Å². The Kier molecular flexibility index (Phi) is 5.11. The number of carboxylic acid groups (broad SMARTS) is 1. The summed E-state index contributed by atoms with van der Waals surface area (Å²) in [5, 5.41) is 11.8. The Hall–Kier alpha value is -2.14. The van der Waals surface area contributed by atoms with Crippen LogP contribution >= 0.6 is 15.9 Å².